The monoisotopic (exact) mass is 399 g/mol. The molecule has 7 nitrogen and oxygen atoms in total. The van der Waals surface area contributed by atoms with Crippen molar-refractivity contribution in [1.29, 1.82) is 0 Å². The van der Waals surface area contributed by atoms with Gasteiger partial charge in [0.15, 0.2) is 4.34 Å². The minimum absolute atomic E-state index is 0.471. The summed E-state index contributed by atoms with van der Waals surface area (Å²) in [5.74, 6) is 3.13. The molecule has 0 unspecified atom stereocenters. The van der Waals surface area contributed by atoms with Crippen LogP contribution >= 0.6 is 23.1 Å². The number of aryl methyl sites for hydroxylation is 3. The van der Waals surface area contributed by atoms with E-state index in [2.05, 4.69) is 38.7 Å². The number of furan rings is 1. The van der Waals surface area contributed by atoms with Gasteiger partial charge in [-0.25, -0.2) is 0 Å². The van der Waals surface area contributed by atoms with E-state index in [9.17, 15) is 0 Å². The summed E-state index contributed by atoms with van der Waals surface area (Å²) < 4.78 is 12.1. The van der Waals surface area contributed by atoms with Crippen LogP contribution in [0.2, 0.25) is 0 Å². The van der Waals surface area contributed by atoms with Gasteiger partial charge >= 0.3 is 0 Å². The van der Waals surface area contributed by atoms with Gasteiger partial charge in [-0.2, -0.15) is 0 Å². The van der Waals surface area contributed by atoms with Crippen LogP contribution in [0.5, 0.6) is 0 Å². The number of hydrogen-bond acceptors (Lipinski definition) is 9. The number of thioether (sulfide) groups is 1. The van der Waals surface area contributed by atoms with E-state index < -0.39 is 0 Å². The van der Waals surface area contributed by atoms with Gasteiger partial charge in [-0.3, -0.25) is 0 Å². The van der Waals surface area contributed by atoms with Crippen molar-refractivity contribution in [2.45, 2.75) is 30.9 Å². The van der Waals surface area contributed by atoms with Crippen molar-refractivity contribution in [1.82, 2.24) is 20.4 Å². The third kappa shape index (κ3) is 4.04. The van der Waals surface area contributed by atoms with E-state index in [4.69, 9.17) is 8.83 Å². The molecule has 3 aromatic heterocycles. The summed E-state index contributed by atoms with van der Waals surface area (Å²) in [6, 6.07) is 9.96. The summed E-state index contributed by atoms with van der Waals surface area (Å²) in [4.78, 5) is 0. The van der Waals surface area contributed by atoms with Crippen LogP contribution in [-0.4, -0.2) is 20.4 Å². The second-order valence-corrected chi connectivity index (χ2v) is 8.13. The Morgan fingerprint density at radius 2 is 1.89 bits per heavy atom. The van der Waals surface area contributed by atoms with Gasteiger partial charge in [-0.1, -0.05) is 41.3 Å². The molecule has 4 aromatic rings. The molecule has 0 saturated carbocycles. The first-order chi connectivity index (χ1) is 13.1. The van der Waals surface area contributed by atoms with Gasteiger partial charge in [-0.05, 0) is 38.5 Å². The third-order valence-electron chi connectivity index (χ3n) is 3.85. The van der Waals surface area contributed by atoms with Crippen molar-refractivity contribution >= 4 is 33.9 Å². The fourth-order valence-electron chi connectivity index (χ4n) is 2.53. The highest BCUT2D eigenvalue weighted by Crippen LogP contribution is 2.31. The molecule has 9 heteroatoms. The maximum atomic E-state index is 5.74. The van der Waals surface area contributed by atoms with E-state index in [1.165, 1.54) is 23.1 Å². The second kappa shape index (κ2) is 7.53. The normalized spacial score (nSPS) is 11.1. The number of anilines is 2. The highest BCUT2D eigenvalue weighted by atomic mass is 32.2. The van der Waals surface area contributed by atoms with Gasteiger partial charge < -0.3 is 14.2 Å². The molecule has 0 aliphatic carbocycles. The molecule has 138 valence electrons. The van der Waals surface area contributed by atoms with Gasteiger partial charge in [0.2, 0.25) is 11.0 Å². The van der Waals surface area contributed by atoms with Crippen molar-refractivity contribution in [3.8, 4) is 11.5 Å². The Balaban J connectivity index is 1.39. The first-order valence-corrected chi connectivity index (χ1v) is 10.1. The Kier molecular flexibility index (Phi) is 4.95. The number of hydrogen-bond donors (Lipinski definition) is 1. The van der Waals surface area contributed by atoms with Crippen molar-refractivity contribution in [2.75, 3.05) is 5.32 Å². The molecule has 0 fully saturated rings. The number of nitrogens with one attached hydrogen (secondary N) is 1. The topological polar surface area (TPSA) is 89.9 Å². The number of benzene rings is 1. The lowest BCUT2D eigenvalue weighted by molar-refractivity contribution is 0.499. The van der Waals surface area contributed by atoms with E-state index in [1.54, 1.807) is 0 Å². The first-order valence-electron chi connectivity index (χ1n) is 8.27. The molecule has 4 rings (SSSR count). The molecule has 1 N–H and O–H groups in total. The Hall–Kier alpha value is -2.65. The molecule has 0 amide bonds. The molecule has 0 bridgehead atoms. The molecule has 0 saturated heterocycles. The molecule has 27 heavy (non-hydrogen) atoms. The molecule has 0 aliphatic heterocycles. The largest absolute Gasteiger partial charge is 0.466 e. The molecule has 0 radical (unpaired) electrons. The summed E-state index contributed by atoms with van der Waals surface area (Å²) in [5.41, 5.74) is 3.01. The highest BCUT2D eigenvalue weighted by molar-refractivity contribution is 8.00. The standard InChI is InChI=1S/C18H17N5O2S2/c1-10-6-4-5-7-14(10)19-17-22-23-18(27-17)26-9-15-20-21-16(25-15)13-8-11(2)24-12(13)3/h4-8H,9H2,1-3H3,(H,19,22). The zero-order valence-corrected chi connectivity index (χ0v) is 16.6. The van der Waals surface area contributed by atoms with Crippen LogP contribution in [0, 0.1) is 20.8 Å². The lowest BCUT2D eigenvalue weighted by Gasteiger charge is -2.04. The number of nitrogens with zero attached hydrogens (tertiary/aromatic N) is 4. The molecule has 3 heterocycles. The van der Waals surface area contributed by atoms with Gasteiger partial charge in [-0.15, -0.1) is 20.4 Å². The van der Waals surface area contributed by atoms with Crippen LogP contribution in [-0.2, 0) is 5.75 Å². The average molecular weight is 400 g/mol. The minimum atomic E-state index is 0.471. The predicted octanol–water partition coefficient (Wildman–Crippen LogP) is 5.14. The summed E-state index contributed by atoms with van der Waals surface area (Å²) in [6.07, 6.45) is 0. The molecule has 0 spiro atoms. The Bertz CT molecular complexity index is 1070. The highest BCUT2D eigenvalue weighted by Gasteiger charge is 2.15. The lowest BCUT2D eigenvalue weighted by Crippen LogP contribution is -1.91. The van der Waals surface area contributed by atoms with Gasteiger partial charge in [0, 0.05) is 5.69 Å². The quantitative estimate of drug-likeness (QED) is 0.446. The SMILES string of the molecule is Cc1cc(-c2nnc(CSc3nnc(Nc4ccccc4C)s3)o2)c(C)o1. The molecule has 0 atom stereocenters. The van der Waals surface area contributed by atoms with Crippen molar-refractivity contribution in [3.63, 3.8) is 0 Å². The van der Waals surface area contributed by atoms with E-state index in [-0.39, 0.29) is 0 Å². The molecular weight excluding hydrogens is 382 g/mol. The fraction of sp³-hybridized carbons (Fsp3) is 0.222. The summed E-state index contributed by atoms with van der Waals surface area (Å²) >= 11 is 3.00. The average Bonchev–Trinajstić information content (AvgIpc) is 3.35. The van der Waals surface area contributed by atoms with Crippen LogP contribution in [0.15, 0.2) is 43.5 Å². The maximum Gasteiger partial charge on any atom is 0.251 e. The van der Waals surface area contributed by atoms with Crippen LogP contribution < -0.4 is 5.32 Å². The number of aromatic nitrogens is 4. The van der Waals surface area contributed by atoms with Crippen LogP contribution in [0.1, 0.15) is 23.0 Å². The lowest BCUT2D eigenvalue weighted by atomic mass is 10.2. The van der Waals surface area contributed by atoms with Crippen molar-refractivity contribution in [3.05, 3.63) is 53.3 Å². The molecule has 0 aliphatic rings. The smallest absolute Gasteiger partial charge is 0.251 e. The van der Waals surface area contributed by atoms with Gasteiger partial charge in [0.1, 0.15) is 11.5 Å². The molecular formula is C18H17N5O2S2. The fourth-order valence-corrected chi connectivity index (χ4v) is 4.14. The van der Waals surface area contributed by atoms with E-state index >= 15 is 0 Å². The van der Waals surface area contributed by atoms with Crippen molar-refractivity contribution in [2.24, 2.45) is 0 Å². The van der Waals surface area contributed by atoms with Crippen LogP contribution in [0.25, 0.3) is 11.5 Å². The van der Waals surface area contributed by atoms with E-state index in [0.29, 0.717) is 17.5 Å². The van der Waals surface area contributed by atoms with Crippen LogP contribution in [0.4, 0.5) is 10.8 Å². The van der Waals surface area contributed by atoms with E-state index in [1.807, 2.05) is 38.1 Å². The third-order valence-corrected chi connectivity index (χ3v) is 5.81. The van der Waals surface area contributed by atoms with Crippen molar-refractivity contribution < 1.29 is 8.83 Å². The second-order valence-electron chi connectivity index (χ2n) is 5.93. The number of para-hydroxylation sites is 1. The van der Waals surface area contributed by atoms with Crippen LogP contribution in [0.3, 0.4) is 0 Å². The zero-order chi connectivity index (χ0) is 18.8. The zero-order valence-electron chi connectivity index (χ0n) is 15.0. The Morgan fingerprint density at radius 3 is 2.67 bits per heavy atom. The maximum absolute atomic E-state index is 5.74. The minimum Gasteiger partial charge on any atom is -0.466 e. The summed E-state index contributed by atoms with van der Waals surface area (Å²) in [7, 11) is 0. The molecule has 1 aromatic carbocycles. The van der Waals surface area contributed by atoms with E-state index in [0.717, 1.165) is 37.8 Å². The predicted molar refractivity (Wildman–Crippen MR) is 105 cm³/mol. The summed E-state index contributed by atoms with van der Waals surface area (Å²) in [5, 5.41) is 20.7. The van der Waals surface area contributed by atoms with Gasteiger partial charge in [0.25, 0.3) is 5.89 Å². The summed E-state index contributed by atoms with van der Waals surface area (Å²) in [6.45, 7) is 5.82. The Labute approximate surface area is 164 Å². The van der Waals surface area contributed by atoms with Gasteiger partial charge in [0.05, 0.1) is 11.3 Å². The first kappa shape index (κ1) is 17.7. The Morgan fingerprint density at radius 1 is 1.04 bits per heavy atom. The number of rotatable bonds is 6.